The van der Waals surface area contributed by atoms with Gasteiger partial charge in [-0.05, 0) is 30.5 Å². The first-order valence-electron chi connectivity index (χ1n) is 6.90. The summed E-state index contributed by atoms with van der Waals surface area (Å²) in [7, 11) is 1.37. The van der Waals surface area contributed by atoms with Crippen molar-refractivity contribution in [2.75, 3.05) is 6.54 Å². The second-order valence-electron chi connectivity index (χ2n) is 5.31. The van der Waals surface area contributed by atoms with Crippen LogP contribution < -0.4 is 5.32 Å². The van der Waals surface area contributed by atoms with Gasteiger partial charge in [0.25, 0.3) is 15.0 Å². The minimum Gasteiger partial charge on any atom is -0.352 e. The van der Waals surface area contributed by atoms with Crippen molar-refractivity contribution in [3.63, 3.8) is 0 Å². The Bertz CT molecular complexity index is 625. The van der Waals surface area contributed by atoms with Crippen LogP contribution in [0, 0.1) is 5.92 Å². The van der Waals surface area contributed by atoms with Crippen molar-refractivity contribution < 1.29 is 13.2 Å². The van der Waals surface area contributed by atoms with Gasteiger partial charge in [0.2, 0.25) is 0 Å². The molecule has 1 aliphatic rings. The number of nitrogens with one attached hydrogen (secondary N) is 1. The van der Waals surface area contributed by atoms with E-state index in [-0.39, 0.29) is 21.4 Å². The summed E-state index contributed by atoms with van der Waals surface area (Å²) in [4.78, 5) is 11.9. The SMILES string of the molecule is O=C(NCCC1CCCC1)c1cc(Cl)cc(S(=O)(=O)Cl)c1. The van der Waals surface area contributed by atoms with Crippen molar-refractivity contribution in [3.8, 4) is 0 Å². The zero-order valence-electron chi connectivity index (χ0n) is 11.4. The van der Waals surface area contributed by atoms with E-state index >= 15 is 0 Å². The van der Waals surface area contributed by atoms with Gasteiger partial charge in [-0.1, -0.05) is 37.3 Å². The molecule has 0 aromatic heterocycles. The van der Waals surface area contributed by atoms with Crippen LogP contribution in [0.15, 0.2) is 23.1 Å². The van der Waals surface area contributed by atoms with Gasteiger partial charge in [-0.2, -0.15) is 0 Å². The van der Waals surface area contributed by atoms with Gasteiger partial charge in [-0.3, -0.25) is 4.79 Å². The molecule has 21 heavy (non-hydrogen) atoms. The summed E-state index contributed by atoms with van der Waals surface area (Å²) in [5.41, 5.74) is 0.202. The average molecular weight is 350 g/mol. The molecule has 0 saturated heterocycles. The van der Waals surface area contributed by atoms with Crippen LogP contribution in [0.2, 0.25) is 5.02 Å². The molecule has 1 amide bonds. The van der Waals surface area contributed by atoms with E-state index in [9.17, 15) is 13.2 Å². The monoisotopic (exact) mass is 349 g/mol. The lowest BCUT2D eigenvalue weighted by Gasteiger charge is -2.10. The van der Waals surface area contributed by atoms with E-state index in [1.54, 1.807) is 0 Å². The number of benzene rings is 1. The Labute approximate surface area is 134 Å². The number of amides is 1. The highest BCUT2D eigenvalue weighted by Crippen LogP contribution is 2.27. The predicted molar refractivity (Wildman–Crippen MR) is 83.4 cm³/mol. The van der Waals surface area contributed by atoms with Crippen LogP contribution in [0.4, 0.5) is 0 Å². The Morgan fingerprint density at radius 1 is 1.24 bits per heavy atom. The molecule has 0 heterocycles. The van der Waals surface area contributed by atoms with Crippen molar-refractivity contribution in [1.29, 1.82) is 0 Å². The molecule has 1 fully saturated rings. The standard InChI is InChI=1S/C14H17Cl2NO3S/c15-12-7-11(8-13(9-12)21(16,19)20)14(18)17-6-5-10-3-1-2-4-10/h7-10H,1-6H2,(H,17,18). The normalized spacial score (nSPS) is 16.1. The smallest absolute Gasteiger partial charge is 0.261 e. The largest absolute Gasteiger partial charge is 0.352 e. The maximum Gasteiger partial charge on any atom is 0.261 e. The summed E-state index contributed by atoms with van der Waals surface area (Å²) in [6.07, 6.45) is 5.93. The van der Waals surface area contributed by atoms with Gasteiger partial charge in [0.1, 0.15) is 0 Å². The molecule has 1 aromatic rings. The molecule has 2 rings (SSSR count). The number of rotatable bonds is 5. The molecule has 1 aliphatic carbocycles. The van der Waals surface area contributed by atoms with E-state index in [4.69, 9.17) is 22.3 Å². The third-order valence-corrected chi connectivity index (χ3v) is 5.28. The summed E-state index contributed by atoms with van der Waals surface area (Å²) in [5, 5.41) is 2.96. The van der Waals surface area contributed by atoms with Crippen LogP contribution in [-0.2, 0) is 9.05 Å². The second-order valence-corrected chi connectivity index (χ2v) is 8.31. The highest BCUT2D eigenvalue weighted by Gasteiger charge is 2.17. The summed E-state index contributed by atoms with van der Waals surface area (Å²) < 4.78 is 22.6. The van der Waals surface area contributed by atoms with E-state index in [0.717, 1.165) is 6.42 Å². The van der Waals surface area contributed by atoms with Gasteiger partial charge in [-0.25, -0.2) is 8.42 Å². The van der Waals surface area contributed by atoms with Gasteiger partial charge >= 0.3 is 0 Å². The minimum atomic E-state index is -3.91. The summed E-state index contributed by atoms with van der Waals surface area (Å²) >= 11 is 5.83. The molecule has 0 spiro atoms. The Kier molecular flexibility index (Phi) is 5.52. The topological polar surface area (TPSA) is 63.2 Å². The molecule has 0 bridgehead atoms. The maximum atomic E-state index is 12.0. The van der Waals surface area contributed by atoms with Crippen molar-refractivity contribution in [2.45, 2.75) is 37.0 Å². The molecule has 4 nitrogen and oxygen atoms in total. The van der Waals surface area contributed by atoms with E-state index in [1.807, 2.05) is 0 Å². The molecule has 7 heteroatoms. The van der Waals surface area contributed by atoms with Crippen LogP contribution in [0.1, 0.15) is 42.5 Å². The van der Waals surface area contributed by atoms with Crippen molar-refractivity contribution in [1.82, 2.24) is 5.32 Å². The Morgan fingerprint density at radius 2 is 1.90 bits per heavy atom. The number of carbonyl (C=O) groups is 1. The number of hydrogen-bond donors (Lipinski definition) is 1. The Morgan fingerprint density at radius 3 is 2.52 bits per heavy atom. The average Bonchev–Trinajstić information content (AvgIpc) is 2.90. The van der Waals surface area contributed by atoms with E-state index < -0.39 is 9.05 Å². The lowest BCUT2D eigenvalue weighted by atomic mass is 10.0. The van der Waals surface area contributed by atoms with Crippen LogP contribution >= 0.6 is 22.3 Å². The fourth-order valence-corrected chi connectivity index (χ4v) is 3.73. The lowest BCUT2D eigenvalue weighted by molar-refractivity contribution is 0.0951. The first-order chi connectivity index (χ1) is 9.86. The fraction of sp³-hybridized carbons (Fsp3) is 0.500. The molecule has 0 aliphatic heterocycles. The quantitative estimate of drug-likeness (QED) is 0.826. The summed E-state index contributed by atoms with van der Waals surface area (Å²) in [6.45, 7) is 0.582. The Hall–Kier alpha value is -0.780. The number of hydrogen-bond acceptors (Lipinski definition) is 3. The van der Waals surface area contributed by atoms with Crippen LogP contribution in [0.5, 0.6) is 0 Å². The number of carbonyl (C=O) groups excluding carboxylic acids is 1. The van der Waals surface area contributed by atoms with Gasteiger partial charge in [0, 0.05) is 27.8 Å². The van der Waals surface area contributed by atoms with Crippen LogP contribution in [0.3, 0.4) is 0 Å². The molecule has 0 atom stereocenters. The minimum absolute atomic E-state index is 0.165. The molecule has 1 saturated carbocycles. The molecule has 1 aromatic carbocycles. The molecule has 0 unspecified atom stereocenters. The number of halogens is 2. The summed E-state index contributed by atoms with van der Waals surface area (Å²) in [6, 6.07) is 3.89. The van der Waals surface area contributed by atoms with Crippen molar-refractivity contribution in [2.24, 2.45) is 5.92 Å². The molecule has 0 radical (unpaired) electrons. The van der Waals surface area contributed by atoms with Crippen molar-refractivity contribution in [3.05, 3.63) is 28.8 Å². The lowest BCUT2D eigenvalue weighted by Crippen LogP contribution is -2.25. The fourth-order valence-electron chi connectivity index (χ4n) is 2.63. The van der Waals surface area contributed by atoms with Gasteiger partial charge in [0.15, 0.2) is 0 Å². The van der Waals surface area contributed by atoms with Crippen LogP contribution in [0.25, 0.3) is 0 Å². The van der Waals surface area contributed by atoms with Crippen LogP contribution in [-0.4, -0.2) is 20.9 Å². The second kappa shape index (κ2) is 6.99. The molecule has 116 valence electrons. The molecular weight excluding hydrogens is 333 g/mol. The predicted octanol–water partition coefficient (Wildman–Crippen LogP) is 3.58. The third kappa shape index (κ3) is 4.87. The molecule has 1 N–H and O–H groups in total. The van der Waals surface area contributed by atoms with E-state index in [2.05, 4.69) is 5.32 Å². The summed E-state index contributed by atoms with van der Waals surface area (Å²) in [5.74, 6) is 0.348. The van der Waals surface area contributed by atoms with Gasteiger partial charge < -0.3 is 5.32 Å². The van der Waals surface area contributed by atoms with Gasteiger partial charge in [0.05, 0.1) is 4.90 Å². The Balaban J connectivity index is 2.00. The molecular formula is C14H17Cl2NO3S. The highest BCUT2D eigenvalue weighted by atomic mass is 35.7. The zero-order chi connectivity index (χ0) is 15.5. The van der Waals surface area contributed by atoms with E-state index in [0.29, 0.717) is 12.5 Å². The van der Waals surface area contributed by atoms with Gasteiger partial charge in [-0.15, -0.1) is 0 Å². The highest BCUT2D eigenvalue weighted by molar-refractivity contribution is 8.13. The zero-order valence-corrected chi connectivity index (χ0v) is 13.8. The third-order valence-electron chi connectivity index (χ3n) is 3.73. The van der Waals surface area contributed by atoms with E-state index in [1.165, 1.54) is 43.9 Å². The first-order valence-corrected chi connectivity index (χ1v) is 9.58. The maximum absolute atomic E-state index is 12.0. The first kappa shape index (κ1) is 16.6. The van der Waals surface area contributed by atoms with Crippen molar-refractivity contribution >= 4 is 37.2 Å².